The molecule has 3 nitrogen and oxygen atoms in total. The average Bonchev–Trinajstić information content (AvgIpc) is 1.92. The predicted molar refractivity (Wildman–Crippen MR) is 357 cm³/mol. The van der Waals surface area contributed by atoms with E-state index in [2.05, 4.69) is 284 Å². The molecule has 0 saturated heterocycles. The Kier molecular flexibility index (Phi) is 9.61. The van der Waals surface area contributed by atoms with Gasteiger partial charge in [-0.3, -0.25) is 0 Å². The van der Waals surface area contributed by atoms with Crippen LogP contribution in [0.3, 0.4) is 0 Å². The fraction of sp³-hybridized carbons (Fsp3) is 0.316. The van der Waals surface area contributed by atoms with E-state index in [0.29, 0.717) is 0 Å². The van der Waals surface area contributed by atoms with Gasteiger partial charge >= 0.3 is 0 Å². The maximum absolute atomic E-state index is 2.84. The number of fused-ring (bicyclic) bond motifs is 18. The first-order valence-corrected chi connectivity index (χ1v) is 30.8. The Hall–Kier alpha value is -7.56. The van der Waals surface area contributed by atoms with Gasteiger partial charge in [0, 0.05) is 54.9 Å². The molecule has 0 radical (unpaired) electrons. The summed E-state index contributed by atoms with van der Waals surface area (Å²) in [6.45, 7) is 43.0. The lowest BCUT2D eigenvalue weighted by atomic mass is 9.33. The minimum Gasteiger partial charge on any atom is -0.310 e. The maximum Gasteiger partial charge on any atom is 0.253 e. The quantitative estimate of drug-likeness (QED) is 0.146. The van der Waals surface area contributed by atoms with Crippen molar-refractivity contribution < 1.29 is 0 Å². The average molecular weight is 1080 g/mol. The molecule has 3 aliphatic heterocycles. The van der Waals surface area contributed by atoms with E-state index in [4.69, 9.17) is 0 Å². The molecule has 4 aliphatic rings. The monoisotopic (exact) mass is 1080 g/mol. The third-order valence-electron chi connectivity index (χ3n) is 20.5. The van der Waals surface area contributed by atoms with Crippen molar-refractivity contribution >= 4 is 88.5 Å². The fourth-order valence-corrected chi connectivity index (χ4v) is 16.0. The molecule has 412 valence electrons. The van der Waals surface area contributed by atoms with E-state index in [9.17, 15) is 0 Å². The zero-order valence-corrected chi connectivity index (χ0v) is 52.3. The predicted octanol–water partition coefficient (Wildman–Crippen LogP) is 18.6. The lowest BCUT2D eigenvalue weighted by Gasteiger charge is -2.45. The molecule has 1 aliphatic carbocycles. The van der Waals surface area contributed by atoms with E-state index in [0.717, 1.165) is 0 Å². The van der Waals surface area contributed by atoms with Crippen molar-refractivity contribution in [3.8, 4) is 28.2 Å². The normalized spacial score (nSPS) is 15.2. The van der Waals surface area contributed by atoms with Gasteiger partial charge in [-0.15, -0.1) is 0 Å². The summed E-state index contributed by atoms with van der Waals surface area (Å²) in [6, 6.07) is 59.6. The van der Waals surface area contributed by atoms with Crippen LogP contribution in [0.4, 0.5) is 0 Å². The molecule has 4 heteroatoms. The molecule has 9 aromatic carbocycles. The molecule has 16 rings (SSSR count). The highest BCUT2D eigenvalue weighted by molar-refractivity contribution is 7.02. The van der Waals surface area contributed by atoms with Crippen molar-refractivity contribution in [2.24, 2.45) is 0 Å². The van der Waals surface area contributed by atoms with Crippen LogP contribution in [0.2, 0.25) is 0 Å². The molecule has 1 spiro atoms. The molecular weight excluding hydrogens is 1000 g/mol. The lowest BCUT2D eigenvalue weighted by molar-refractivity contribution is 0.583. The summed E-state index contributed by atoms with van der Waals surface area (Å²) in [6.07, 6.45) is 0. The van der Waals surface area contributed by atoms with Gasteiger partial charge < -0.3 is 13.7 Å². The molecule has 12 aromatic rings. The number of aromatic nitrogens is 3. The lowest BCUT2D eigenvalue weighted by Crippen LogP contribution is -2.61. The molecule has 83 heavy (non-hydrogen) atoms. The van der Waals surface area contributed by atoms with E-state index in [1.54, 1.807) is 0 Å². The minimum absolute atomic E-state index is 0.0586. The van der Waals surface area contributed by atoms with Crippen molar-refractivity contribution in [2.45, 2.75) is 163 Å². The third-order valence-corrected chi connectivity index (χ3v) is 20.5. The van der Waals surface area contributed by atoms with Gasteiger partial charge in [-0.25, -0.2) is 0 Å². The van der Waals surface area contributed by atoms with Crippen LogP contribution in [0.15, 0.2) is 146 Å². The second-order valence-corrected chi connectivity index (χ2v) is 31.9. The first-order chi connectivity index (χ1) is 39.0. The largest absolute Gasteiger partial charge is 0.310 e. The van der Waals surface area contributed by atoms with E-state index in [1.165, 1.54) is 166 Å². The second-order valence-electron chi connectivity index (χ2n) is 31.9. The summed E-state index contributed by atoms with van der Waals surface area (Å²) in [5.41, 5.74) is 31.3. The molecule has 0 fully saturated rings. The van der Waals surface area contributed by atoms with Gasteiger partial charge in [0.2, 0.25) is 0 Å². The Bertz CT molecular complexity index is 4880. The Morgan fingerprint density at radius 3 is 1.43 bits per heavy atom. The smallest absolute Gasteiger partial charge is 0.253 e. The molecule has 0 amide bonds. The van der Waals surface area contributed by atoms with Crippen LogP contribution in [0.25, 0.3) is 93.6 Å². The maximum atomic E-state index is 2.84. The zero-order chi connectivity index (χ0) is 58.1. The van der Waals surface area contributed by atoms with Crippen molar-refractivity contribution in [3.63, 3.8) is 0 Å². The van der Waals surface area contributed by atoms with Crippen LogP contribution in [0.1, 0.15) is 180 Å². The number of hydrogen-bond acceptors (Lipinski definition) is 0. The number of para-hydroxylation sites is 1. The van der Waals surface area contributed by atoms with Crippen LogP contribution in [0.5, 0.6) is 0 Å². The summed E-state index contributed by atoms with van der Waals surface area (Å²) in [5, 5.41) is 8.02. The third kappa shape index (κ3) is 6.49. The molecule has 3 aromatic heterocycles. The summed E-state index contributed by atoms with van der Waals surface area (Å²) in [4.78, 5) is 0. The summed E-state index contributed by atoms with van der Waals surface area (Å²) >= 11 is 0. The Balaban J connectivity index is 1.20. The standard InChI is InChI=1S/C79H78BN3/c1-73(2,3)43-27-32-62-56(34-43)66-65(81(62)49-22-20-19-21-23-49)42-55-52-30-26-46(76(10,11)12)41-64(52)82-63-33-31-57-72-67(63)80(68(66)71(55)82)61-40-48(78(16,17)18)36-54-53-35-47(77(13,14)15)39-60(69(53)83(72)70(54)61)79(57)58-37-44(74(4,5)6)24-28-50(58)51-29-25-45(38-59(51)79)75(7,8)9/h19-42H,1-18H3. The van der Waals surface area contributed by atoms with E-state index >= 15 is 0 Å². The molecule has 0 bridgehead atoms. The second kappa shape index (κ2) is 15.6. The SMILES string of the molecule is CC(C)(C)c1ccc2c(c1)C1(c3cc(C(C)(C)C)ccc3-2)c2ccc3c4c2-n2c5c(cc(C(C)(C)C)cc5c5cc(C(C)(C)C)cc1c52)B4c1c2c4cc(C(C)(C)C)ccc4n(-c4ccccc4)c2cc2c4ccc(C(C)(C)C)cc4n-3c12. The minimum atomic E-state index is -0.652. The highest BCUT2D eigenvalue weighted by Crippen LogP contribution is 2.63. The molecular formula is C79H78BN3. The van der Waals surface area contributed by atoms with Crippen LogP contribution in [-0.4, -0.2) is 20.4 Å². The van der Waals surface area contributed by atoms with Gasteiger partial charge in [0.15, 0.2) is 0 Å². The van der Waals surface area contributed by atoms with E-state index in [1.807, 2.05) is 0 Å². The summed E-state index contributed by atoms with van der Waals surface area (Å²) in [5.74, 6) is 0. The van der Waals surface area contributed by atoms with Crippen LogP contribution in [-0.2, 0) is 37.9 Å². The Morgan fingerprint density at radius 1 is 0.325 bits per heavy atom. The van der Waals surface area contributed by atoms with Gasteiger partial charge in [-0.2, -0.15) is 0 Å². The first kappa shape index (κ1) is 51.1. The molecule has 6 heterocycles. The highest BCUT2D eigenvalue weighted by Gasteiger charge is 2.56. The van der Waals surface area contributed by atoms with Crippen molar-refractivity contribution in [1.29, 1.82) is 0 Å². The van der Waals surface area contributed by atoms with E-state index < -0.39 is 5.41 Å². The zero-order valence-electron chi connectivity index (χ0n) is 52.3. The van der Waals surface area contributed by atoms with E-state index in [-0.39, 0.29) is 39.2 Å². The Labute approximate surface area is 491 Å². The van der Waals surface area contributed by atoms with Crippen LogP contribution in [0, 0.1) is 0 Å². The number of rotatable bonds is 1. The topological polar surface area (TPSA) is 14.8 Å². The number of hydrogen-bond donors (Lipinski definition) is 0. The highest BCUT2D eigenvalue weighted by atomic mass is 15.1. The fourth-order valence-electron chi connectivity index (χ4n) is 16.0. The van der Waals surface area contributed by atoms with Gasteiger partial charge in [-0.1, -0.05) is 216 Å². The summed E-state index contributed by atoms with van der Waals surface area (Å²) in [7, 11) is 0. The number of nitrogens with zero attached hydrogens (tertiary/aromatic N) is 3. The molecule has 0 atom stereocenters. The molecule has 0 saturated carbocycles. The number of benzene rings is 9. The van der Waals surface area contributed by atoms with Gasteiger partial charge in [0.1, 0.15) is 0 Å². The Morgan fingerprint density at radius 2 is 0.831 bits per heavy atom. The van der Waals surface area contributed by atoms with Crippen LogP contribution < -0.4 is 16.4 Å². The summed E-state index contributed by atoms with van der Waals surface area (Å²) < 4.78 is 8.19. The molecule has 0 unspecified atom stereocenters. The van der Waals surface area contributed by atoms with Gasteiger partial charge in [-0.05, 0) is 170 Å². The van der Waals surface area contributed by atoms with Crippen LogP contribution >= 0.6 is 0 Å². The van der Waals surface area contributed by atoms with Gasteiger partial charge in [0.25, 0.3) is 6.71 Å². The molecule has 0 N–H and O–H groups in total. The van der Waals surface area contributed by atoms with Crippen molar-refractivity contribution in [1.82, 2.24) is 13.7 Å². The van der Waals surface area contributed by atoms with Crippen molar-refractivity contribution in [3.05, 3.63) is 201 Å². The van der Waals surface area contributed by atoms with Gasteiger partial charge in [0.05, 0.1) is 33.0 Å². The van der Waals surface area contributed by atoms with Crippen molar-refractivity contribution in [2.75, 3.05) is 0 Å². The first-order valence-electron chi connectivity index (χ1n) is 30.8.